The Morgan fingerprint density at radius 2 is 1.65 bits per heavy atom. The van der Waals surface area contributed by atoms with Crippen LogP contribution in [0.4, 0.5) is 5.82 Å². The van der Waals surface area contributed by atoms with Crippen LogP contribution in [0.15, 0.2) is 59.1 Å². The average molecular weight is 344 g/mol. The number of hydrogen-bond acceptors (Lipinski definition) is 3. The molecule has 130 valence electrons. The summed E-state index contributed by atoms with van der Waals surface area (Å²) in [5.41, 5.74) is 4.74. The van der Waals surface area contributed by atoms with E-state index in [1.165, 1.54) is 22.3 Å². The largest absolute Gasteiger partial charge is 0.360 e. The van der Waals surface area contributed by atoms with Crippen LogP contribution in [-0.4, -0.2) is 11.1 Å². The lowest BCUT2D eigenvalue weighted by atomic mass is 9.52. The van der Waals surface area contributed by atoms with Crippen LogP contribution in [0, 0.1) is 12.3 Å². The summed E-state index contributed by atoms with van der Waals surface area (Å²) in [5.74, 6) is 1.47. The molecule has 3 aromatic rings. The van der Waals surface area contributed by atoms with Gasteiger partial charge in [0.2, 0.25) is 5.91 Å². The highest BCUT2D eigenvalue weighted by atomic mass is 16.5. The Morgan fingerprint density at radius 3 is 2.19 bits per heavy atom. The molecule has 1 N–H and O–H groups in total. The van der Waals surface area contributed by atoms with E-state index in [0.29, 0.717) is 11.6 Å². The van der Waals surface area contributed by atoms with Crippen molar-refractivity contribution in [1.29, 1.82) is 0 Å². The lowest BCUT2D eigenvalue weighted by molar-refractivity contribution is -0.126. The van der Waals surface area contributed by atoms with Gasteiger partial charge < -0.3 is 9.84 Å². The molecule has 1 aromatic heterocycles. The lowest BCUT2D eigenvalue weighted by Gasteiger charge is -2.50. The van der Waals surface area contributed by atoms with Crippen molar-refractivity contribution in [3.8, 4) is 0 Å². The van der Waals surface area contributed by atoms with E-state index in [1.807, 2.05) is 6.92 Å². The Morgan fingerprint density at radius 1 is 1.08 bits per heavy atom. The highest BCUT2D eigenvalue weighted by molar-refractivity contribution is 5.96. The minimum atomic E-state index is -0.528. The molecule has 4 nitrogen and oxygen atoms in total. The van der Waals surface area contributed by atoms with Crippen LogP contribution in [0.1, 0.15) is 53.2 Å². The number of anilines is 1. The number of nitrogens with one attached hydrogen (secondary N) is 1. The first-order valence-corrected chi connectivity index (χ1v) is 9.00. The highest BCUT2D eigenvalue weighted by Crippen LogP contribution is 2.61. The van der Waals surface area contributed by atoms with Crippen LogP contribution < -0.4 is 5.32 Å². The highest BCUT2D eigenvalue weighted by Gasteiger charge is 2.53. The van der Waals surface area contributed by atoms with Gasteiger partial charge in [-0.2, -0.15) is 0 Å². The van der Waals surface area contributed by atoms with Crippen molar-refractivity contribution in [1.82, 2.24) is 5.16 Å². The molecule has 3 aliphatic carbocycles. The van der Waals surface area contributed by atoms with E-state index in [4.69, 9.17) is 4.52 Å². The fraction of sp³-hybridized carbons (Fsp3) is 0.273. The number of fused-ring (bicyclic) bond motifs is 1. The molecule has 26 heavy (non-hydrogen) atoms. The summed E-state index contributed by atoms with van der Waals surface area (Å²) in [6, 6.07) is 18.9. The van der Waals surface area contributed by atoms with E-state index in [-0.39, 0.29) is 17.7 Å². The molecule has 2 aromatic carbocycles. The Balaban J connectivity index is 1.62. The first-order valence-electron chi connectivity index (χ1n) is 9.00. The monoisotopic (exact) mass is 344 g/mol. The van der Waals surface area contributed by atoms with Gasteiger partial charge in [0.15, 0.2) is 5.82 Å². The molecular formula is C22H20N2O2. The lowest BCUT2D eigenvalue weighted by Crippen LogP contribution is -2.47. The maximum absolute atomic E-state index is 13.3. The summed E-state index contributed by atoms with van der Waals surface area (Å²) < 4.78 is 5.10. The molecule has 6 rings (SSSR count). The minimum Gasteiger partial charge on any atom is -0.360 e. The Bertz CT molecular complexity index is 975. The molecule has 4 heteroatoms. The zero-order chi connectivity index (χ0) is 17.9. The van der Waals surface area contributed by atoms with Crippen LogP contribution in [0.3, 0.4) is 0 Å². The van der Waals surface area contributed by atoms with Gasteiger partial charge in [-0.1, -0.05) is 53.7 Å². The molecule has 0 spiro atoms. The van der Waals surface area contributed by atoms with E-state index < -0.39 is 5.41 Å². The fourth-order valence-corrected chi connectivity index (χ4v) is 4.87. The minimum absolute atomic E-state index is 0.00445. The van der Waals surface area contributed by atoms with Gasteiger partial charge in [0, 0.05) is 17.9 Å². The van der Waals surface area contributed by atoms with Crippen molar-refractivity contribution < 1.29 is 9.32 Å². The van der Waals surface area contributed by atoms with Gasteiger partial charge in [-0.3, -0.25) is 4.79 Å². The summed E-state index contributed by atoms with van der Waals surface area (Å²) >= 11 is 0. The molecule has 0 radical (unpaired) electrons. The van der Waals surface area contributed by atoms with Crippen molar-refractivity contribution in [2.24, 2.45) is 5.41 Å². The van der Waals surface area contributed by atoms with E-state index in [2.05, 4.69) is 65.9 Å². The molecule has 0 aliphatic heterocycles. The van der Waals surface area contributed by atoms with Crippen molar-refractivity contribution in [2.45, 2.75) is 32.1 Å². The maximum atomic E-state index is 13.3. The van der Waals surface area contributed by atoms with Crippen LogP contribution in [0.2, 0.25) is 0 Å². The molecule has 1 heterocycles. The van der Waals surface area contributed by atoms with Crippen molar-refractivity contribution >= 4 is 11.7 Å². The zero-order valence-corrected chi connectivity index (χ0v) is 14.8. The van der Waals surface area contributed by atoms with E-state index in [9.17, 15) is 4.79 Å². The molecule has 2 bridgehead atoms. The predicted octanol–water partition coefficient (Wildman–Crippen LogP) is 4.61. The third-order valence-electron chi connectivity index (χ3n) is 6.02. The van der Waals surface area contributed by atoms with Gasteiger partial charge in [0.1, 0.15) is 5.76 Å². The second-order valence-corrected chi connectivity index (χ2v) is 7.64. The molecule has 0 saturated carbocycles. The van der Waals surface area contributed by atoms with Gasteiger partial charge in [0.05, 0.1) is 5.41 Å². The summed E-state index contributed by atoms with van der Waals surface area (Å²) in [7, 11) is 0. The number of amides is 1. The second kappa shape index (κ2) is 5.31. The van der Waals surface area contributed by atoms with Gasteiger partial charge in [-0.25, -0.2) is 0 Å². The normalized spacial score (nSPS) is 25.5. The summed E-state index contributed by atoms with van der Waals surface area (Å²) in [4.78, 5) is 13.3. The van der Waals surface area contributed by atoms with Gasteiger partial charge >= 0.3 is 0 Å². The zero-order valence-electron chi connectivity index (χ0n) is 14.8. The molecule has 0 fully saturated rings. The van der Waals surface area contributed by atoms with Crippen molar-refractivity contribution in [2.75, 3.05) is 5.32 Å². The van der Waals surface area contributed by atoms with Crippen LogP contribution >= 0.6 is 0 Å². The average Bonchev–Trinajstić information content (AvgIpc) is 3.06. The van der Waals surface area contributed by atoms with E-state index in [1.54, 1.807) is 6.07 Å². The number of hydrogen-bond donors (Lipinski definition) is 1. The third-order valence-corrected chi connectivity index (χ3v) is 6.02. The van der Waals surface area contributed by atoms with Gasteiger partial charge in [0.25, 0.3) is 0 Å². The molecule has 3 aliphatic rings. The van der Waals surface area contributed by atoms with Gasteiger partial charge in [-0.15, -0.1) is 0 Å². The first-order chi connectivity index (χ1) is 12.6. The van der Waals surface area contributed by atoms with Crippen LogP contribution in [0.5, 0.6) is 0 Å². The molecule has 1 unspecified atom stereocenters. The predicted molar refractivity (Wildman–Crippen MR) is 99.2 cm³/mol. The van der Waals surface area contributed by atoms with E-state index >= 15 is 0 Å². The summed E-state index contributed by atoms with van der Waals surface area (Å²) in [6.07, 6.45) is 0.800. The number of carbonyl (C=O) groups excluding carboxylic acids is 1. The standard InChI is InChI=1S/C22H20N2O2/c1-13-11-19(24-26-13)23-21(25)22(2)12-18-14-7-3-5-9-16(14)20(22)17-10-6-4-8-15(17)18/h3-11,18,20H,12H2,1-2H3,(H,23,24,25). The summed E-state index contributed by atoms with van der Waals surface area (Å²) in [6.45, 7) is 3.90. The number of nitrogens with zero attached hydrogens (tertiary/aromatic N) is 1. The number of aromatic nitrogens is 1. The molecule has 1 amide bonds. The molecule has 1 atom stereocenters. The van der Waals surface area contributed by atoms with Crippen LogP contribution in [0.25, 0.3) is 0 Å². The maximum Gasteiger partial charge on any atom is 0.232 e. The topological polar surface area (TPSA) is 55.1 Å². The Kier molecular flexibility index (Phi) is 3.14. The third kappa shape index (κ3) is 2.02. The van der Waals surface area contributed by atoms with Gasteiger partial charge in [-0.05, 0) is 42.5 Å². The molecular weight excluding hydrogens is 324 g/mol. The Labute approximate surface area is 152 Å². The van der Waals surface area contributed by atoms with Crippen LogP contribution in [-0.2, 0) is 4.79 Å². The molecule has 0 saturated heterocycles. The second-order valence-electron chi connectivity index (χ2n) is 7.64. The SMILES string of the molecule is Cc1cc(NC(=O)C2(C)CC3c4ccccc4C2c2ccccc23)no1. The smallest absolute Gasteiger partial charge is 0.232 e. The number of benzene rings is 2. The van der Waals surface area contributed by atoms with Crippen molar-refractivity contribution in [3.05, 3.63) is 82.6 Å². The number of rotatable bonds is 2. The first kappa shape index (κ1) is 15.4. The van der Waals surface area contributed by atoms with Crippen molar-refractivity contribution in [3.63, 3.8) is 0 Å². The Hall–Kier alpha value is -2.88. The fourth-order valence-electron chi connectivity index (χ4n) is 4.87. The quantitative estimate of drug-likeness (QED) is 0.739. The number of carbonyl (C=O) groups is 1. The number of aryl methyl sites for hydroxylation is 1. The van der Waals surface area contributed by atoms with E-state index in [0.717, 1.165) is 6.42 Å². The summed E-state index contributed by atoms with van der Waals surface area (Å²) in [5, 5.41) is 6.90.